The van der Waals surface area contributed by atoms with Gasteiger partial charge in [0, 0.05) is 18.2 Å². The Morgan fingerprint density at radius 3 is 3.12 bits per heavy atom. The number of rotatable bonds is 4. The Morgan fingerprint density at radius 1 is 1.56 bits per heavy atom. The summed E-state index contributed by atoms with van der Waals surface area (Å²) in [6.45, 7) is 6.26. The van der Waals surface area contributed by atoms with Crippen LogP contribution >= 0.6 is 0 Å². The van der Waals surface area contributed by atoms with Gasteiger partial charge in [0.1, 0.15) is 0 Å². The first-order valence-corrected chi connectivity index (χ1v) is 6.14. The fourth-order valence-corrected chi connectivity index (χ4v) is 2.35. The number of ether oxygens (including phenoxy) is 1. The lowest BCUT2D eigenvalue weighted by molar-refractivity contribution is -0.0814. The number of furan rings is 1. The molecule has 1 saturated heterocycles. The van der Waals surface area contributed by atoms with Gasteiger partial charge in [-0.2, -0.15) is 0 Å². The molecule has 1 N–H and O–H groups in total. The number of nitrogens with one attached hydrogen (secondary N) is 1. The largest absolute Gasteiger partial charge is 0.472 e. The second-order valence-electron chi connectivity index (χ2n) is 4.74. The SMILES string of the molecule is CCCNC1CCOC(C)(c2ccoc2)C1. The van der Waals surface area contributed by atoms with Crippen LogP contribution in [0.15, 0.2) is 23.0 Å². The van der Waals surface area contributed by atoms with Crippen molar-refractivity contribution in [2.24, 2.45) is 0 Å². The molecule has 1 aliphatic rings. The van der Waals surface area contributed by atoms with Gasteiger partial charge in [-0.3, -0.25) is 0 Å². The average molecular weight is 223 g/mol. The number of hydrogen-bond acceptors (Lipinski definition) is 3. The Hall–Kier alpha value is -0.800. The second kappa shape index (κ2) is 5.02. The van der Waals surface area contributed by atoms with Crippen LogP contribution in [0.2, 0.25) is 0 Å². The summed E-state index contributed by atoms with van der Waals surface area (Å²) in [6.07, 6.45) is 6.81. The zero-order chi connectivity index (χ0) is 11.4. The molecule has 1 aromatic heterocycles. The molecular weight excluding hydrogens is 202 g/mol. The van der Waals surface area contributed by atoms with E-state index in [1.54, 1.807) is 12.5 Å². The molecule has 0 aliphatic carbocycles. The fraction of sp³-hybridized carbons (Fsp3) is 0.692. The lowest BCUT2D eigenvalue weighted by Crippen LogP contribution is -2.43. The monoisotopic (exact) mass is 223 g/mol. The molecule has 1 fully saturated rings. The Morgan fingerprint density at radius 2 is 2.44 bits per heavy atom. The third-order valence-electron chi connectivity index (χ3n) is 3.34. The van der Waals surface area contributed by atoms with Gasteiger partial charge in [0.2, 0.25) is 0 Å². The molecule has 0 aromatic carbocycles. The molecule has 0 bridgehead atoms. The topological polar surface area (TPSA) is 34.4 Å². The highest BCUT2D eigenvalue weighted by Gasteiger charge is 2.35. The van der Waals surface area contributed by atoms with E-state index in [1.807, 2.05) is 6.07 Å². The van der Waals surface area contributed by atoms with Crippen LogP contribution in [-0.2, 0) is 10.3 Å². The van der Waals surface area contributed by atoms with Crippen molar-refractivity contribution in [3.63, 3.8) is 0 Å². The molecule has 0 saturated carbocycles. The smallest absolute Gasteiger partial charge is 0.0963 e. The van der Waals surface area contributed by atoms with Gasteiger partial charge in [0.25, 0.3) is 0 Å². The summed E-state index contributed by atoms with van der Waals surface area (Å²) in [7, 11) is 0. The molecule has 1 aliphatic heterocycles. The van der Waals surface area contributed by atoms with Crippen molar-refractivity contribution < 1.29 is 9.15 Å². The van der Waals surface area contributed by atoms with Gasteiger partial charge in [-0.1, -0.05) is 6.92 Å². The van der Waals surface area contributed by atoms with Gasteiger partial charge >= 0.3 is 0 Å². The molecule has 0 amide bonds. The van der Waals surface area contributed by atoms with Gasteiger partial charge in [-0.25, -0.2) is 0 Å². The van der Waals surface area contributed by atoms with E-state index < -0.39 is 0 Å². The summed E-state index contributed by atoms with van der Waals surface area (Å²) in [5.74, 6) is 0. The molecule has 0 radical (unpaired) electrons. The van der Waals surface area contributed by atoms with Crippen molar-refractivity contribution in [3.05, 3.63) is 24.2 Å². The van der Waals surface area contributed by atoms with Crippen LogP contribution in [0.25, 0.3) is 0 Å². The molecule has 2 heterocycles. The molecule has 16 heavy (non-hydrogen) atoms. The minimum absolute atomic E-state index is 0.184. The van der Waals surface area contributed by atoms with Crippen LogP contribution in [0.3, 0.4) is 0 Å². The maximum absolute atomic E-state index is 5.92. The first kappa shape index (κ1) is 11.7. The average Bonchev–Trinajstić information content (AvgIpc) is 2.80. The van der Waals surface area contributed by atoms with E-state index in [2.05, 4.69) is 19.2 Å². The summed E-state index contributed by atoms with van der Waals surface area (Å²) in [5, 5.41) is 3.58. The van der Waals surface area contributed by atoms with E-state index in [9.17, 15) is 0 Å². The van der Waals surface area contributed by atoms with Crippen LogP contribution in [0.5, 0.6) is 0 Å². The maximum atomic E-state index is 5.92. The fourth-order valence-electron chi connectivity index (χ4n) is 2.35. The van der Waals surface area contributed by atoms with Gasteiger partial charge < -0.3 is 14.5 Å². The zero-order valence-corrected chi connectivity index (χ0v) is 10.2. The highest BCUT2D eigenvalue weighted by molar-refractivity contribution is 5.16. The van der Waals surface area contributed by atoms with Crippen molar-refractivity contribution in [2.45, 2.75) is 44.8 Å². The summed E-state index contributed by atoms with van der Waals surface area (Å²) >= 11 is 0. The molecule has 2 atom stereocenters. The van der Waals surface area contributed by atoms with E-state index in [4.69, 9.17) is 9.15 Å². The lowest BCUT2D eigenvalue weighted by Gasteiger charge is -2.38. The van der Waals surface area contributed by atoms with E-state index >= 15 is 0 Å². The first-order chi connectivity index (χ1) is 7.74. The Labute approximate surface area is 97.2 Å². The summed E-state index contributed by atoms with van der Waals surface area (Å²) in [4.78, 5) is 0. The highest BCUT2D eigenvalue weighted by Crippen LogP contribution is 2.34. The third kappa shape index (κ3) is 2.47. The minimum Gasteiger partial charge on any atom is -0.472 e. The first-order valence-electron chi connectivity index (χ1n) is 6.14. The molecule has 2 unspecified atom stereocenters. The van der Waals surface area contributed by atoms with Crippen LogP contribution < -0.4 is 5.32 Å². The van der Waals surface area contributed by atoms with E-state index in [1.165, 1.54) is 6.42 Å². The standard InChI is InChI=1S/C13H21NO2/c1-3-6-14-12-5-8-16-13(2,9-12)11-4-7-15-10-11/h4,7,10,12,14H,3,5-6,8-9H2,1-2H3. The zero-order valence-electron chi connectivity index (χ0n) is 10.2. The van der Waals surface area contributed by atoms with Gasteiger partial charge in [-0.05, 0) is 38.8 Å². The van der Waals surface area contributed by atoms with Crippen LogP contribution in [-0.4, -0.2) is 19.2 Å². The van der Waals surface area contributed by atoms with Crippen LogP contribution in [0.1, 0.15) is 38.7 Å². The van der Waals surface area contributed by atoms with Crippen molar-refractivity contribution in [1.82, 2.24) is 5.32 Å². The molecule has 3 nitrogen and oxygen atoms in total. The van der Waals surface area contributed by atoms with Crippen molar-refractivity contribution in [3.8, 4) is 0 Å². The third-order valence-corrected chi connectivity index (χ3v) is 3.34. The van der Waals surface area contributed by atoms with Gasteiger partial charge in [0.05, 0.1) is 18.1 Å². The van der Waals surface area contributed by atoms with Gasteiger partial charge in [-0.15, -0.1) is 0 Å². The van der Waals surface area contributed by atoms with E-state index in [0.29, 0.717) is 6.04 Å². The van der Waals surface area contributed by atoms with Crippen LogP contribution in [0, 0.1) is 0 Å². The van der Waals surface area contributed by atoms with E-state index in [-0.39, 0.29) is 5.60 Å². The number of hydrogen-bond donors (Lipinski definition) is 1. The van der Waals surface area contributed by atoms with Crippen molar-refractivity contribution >= 4 is 0 Å². The van der Waals surface area contributed by atoms with Crippen molar-refractivity contribution in [2.75, 3.05) is 13.2 Å². The molecular formula is C13H21NO2. The summed E-state index contributed by atoms with van der Waals surface area (Å²) in [6, 6.07) is 2.57. The predicted molar refractivity (Wildman–Crippen MR) is 63.3 cm³/mol. The Balaban J connectivity index is 2.00. The lowest BCUT2D eigenvalue weighted by atomic mass is 9.87. The van der Waals surface area contributed by atoms with Crippen molar-refractivity contribution in [1.29, 1.82) is 0 Å². The maximum Gasteiger partial charge on any atom is 0.0963 e. The Bertz CT molecular complexity index is 310. The second-order valence-corrected chi connectivity index (χ2v) is 4.74. The quantitative estimate of drug-likeness (QED) is 0.852. The molecule has 1 aromatic rings. The molecule has 90 valence electrons. The van der Waals surface area contributed by atoms with E-state index in [0.717, 1.165) is 31.6 Å². The predicted octanol–water partition coefficient (Wildman–Crippen LogP) is 2.67. The minimum atomic E-state index is -0.184. The highest BCUT2D eigenvalue weighted by atomic mass is 16.5. The van der Waals surface area contributed by atoms with Crippen LogP contribution in [0.4, 0.5) is 0 Å². The molecule has 2 rings (SSSR count). The molecule has 0 spiro atoms. The molecule has 3 heteroatoms. The summed E-state index contributed by atoms with van der Waals surface area (Å²) in [5.41, 5.74) is 0.965. The normalized spacial score (nSPS) is 30.5. The summed E-state index contributed by atoms with van der Waals surface area (Å²) < 4.78 is 11.1. The van der Waals surface area contributed by atoms with Gasteiger partial charge in [0.15, 0.2) is 0 Å². The Kier molecular flexibility index (Phi) is 3.66.